The van der Waals surface area contributed by atoms with Crippen LogP contribution in [0.15, 0.2) is 12.2 Å². The fourth-order valence-corrected chi connectivity index (χ4v) is 9.99. The Balaban J connectivity index is 5.69. The van der Waals surface area contributed by atoms with Gasteiger partial charge in [0, 0.05) is 5.57 Å². The molecule has 0 amide bonds. The molecular weight excluding hydrogens is 252 g/mol. The molecule has 0 aromatic heterocycles. The Morgan fingerprint density at radius 2 is 1.63 bits per heavy atom. The molecule has 19 heavy (non-hydrogen) atoms. The van der Waals surface area contributed by atoms with Gasteiger partial charge in [0.2, 0.25) is 0 Å². The van der Waals surface area contributed by atoms with E-state index < -0.39 is 8.32 Å². The Kier molecular flexibility index (Phi) is 6.53. The van der Waals surface area contributed by atoms with Crippen LogP contribution in [0.25, 0.3) is 0 Å². The van der Waals surface area contributed by atoms with Crippen LogP contribution in [0.4, 0.5) is 0 Å². The lowest BCUT2D eigenvalue weighted by Gasteiger charge is -2.49. The molecule has 2 nitrogen and oxygen atoms in total. The van der Waals surface area contributed by atoms with E-state index in [-0.39, 0.29) is 11.0 Å². The average molecular weight is 285 g/mol. The highest BCUT2D eigenvalue weighted by atomic mass is 28.4. The summed E-state index contributed by atoms with van der Waals surface area (Å²) < 4.78 is 6.14. The molecule has 0 aliphatic heterocycles. The molecule has 0 saturated carbocycles. The van der Waals surface area contributed by atoms with Crippen LogP contribution in [0.3, 0.4) is 0 Å². The molecule has 0 spiro atoms. The first-order valence-electron chi connectivity index (χ1n) is 7.41. The number of carbonyl (C=O) groups is 1. The maximum atomic E-state index is 12.1. The molecule has 0 aromatic carbocycles. The van der Waals surface area contributed by atoms with Crippen LogP contribution < -0.4 is 0 Å². The lowest BCUT2D eigenvalue weighted by Crippen LogP contribution is -2.55. The highest BCUT2D eigenvalue weighted by Crippen LogP contribution is 2.53. The minimum absolute atomic E-state index is 0.0786. The Bertz CT molecular complexity index is 322. The van der Waals surface area contributed by atoms with Crippen molar-refractivity contribution < 1.29 is 9.22 Å². The summed E-state index contributed by atoms with van der Waals surface area (Å²) in [6.45, 7) is 21.0. The second-order valence-corrected chi connectivity index (χ2v) is 12.4. The summed E-state index contributed by atoms with van der Waals surface area (Å²) in [7, 11) is -2.24. The first-order valence-corrected chi connectivity index (χ1v) is 9.48. The van der Waals surface area contributed by atoms with Crippen molar-refractivity contribution in [2.24, 2.45) is 0 Å². The van der Waals surface area contributed by atoms with Gasteiger partial charge in [-0.25, -0.2) is 4.79 Å². The van der Waals surface area contributed by atoms with Gasteiger partial charge in [-0.3, -0.25) is 0 Å². The largest absolute Gasteiger partial charge is 0.515 e. The average Bonchev–Trinajstić information content (AvgIpc) is 2.23. The smallest absolute Gasteiger partial charge is 0.319 e. The van der Waals surface area contributed by atoms with Crippen LogP contribution in [-0.4, -0.2) is 14.3 Å². The van der Waals surface area contributed by atoms with Crippen LogP contribution in [0.1, 0.15) is 68.2 Å². The molecule has 0 heterocycles. The normalized spacial score (nSPS) is 12.9. The third-order valence-corrected chi connectivity index (χ3v) is 10.6. The molecule has 0 N–H and O–H groups in total. The molecule has 0 rings (SSSR count). The lowest BCUT2D eigenvalue weighted by atomic mass is 10.1. The van der Waals surface area contributed by atoms with Crippen molar-refractivity contribution >= 4 is 14.3 Å². The van der Waals surface area contributed by atoms with Crippen LogP contribution in [0.2, 0.25) is 16.1 Å². The van der Waals surface area contributed by atoms with Crippen molar-refractivity contribution in [3.63, 3.8) is 0 Å². The molecule has 0 saturated heterocycles. The molecule has 0 aliphatic rings. The van der Waals surface area contributed by atoms with Crippen molar-refractivity contribution in [1.29, 1.82) is 0 Å². The molecule has 0 aromatic rings. The minimum Gasteiger partial charge on any atom is -0.515 e. The fourth-order valence-electron chi connectivity index (χ4n) is 3.66. The number of rotatable bonds is 7. The van der Waals surface area contributed by atoms with E-state index in [0.717, 1.165) is 12.8 Å². The molecule has 3 heteroatoms. The third kappa shape index (κ3) is 3.71. The maximum Gasteiger partial charge on any atom is 0.319 e. The van der Waals surface area contributed by atoms with Gasteiger partial charge in [-0.05, 0) is 29.5 Å². The van der Waals surface area contributed by atoms with E-state index in [1.807, 2.05) is 0 Å². The molecule has 0 fully saturated rings. The van der Waals surface area contributed by atoms with E-state index in [1.54, 1.807) is 6.92 Å². The van der Waals surface area contributed by atoms with Gasteiger partial charge < -0.3 is 4.43 Å². The molecule has 0 bridgehead atoms. The van der Waals surface area contributed by atoms with E-state index in [2.05, 4.69) is 55.0 Å². The van der Waals surface area contributed by atoms with Crippen molar-refractivity contribution in [2.45, 2.75) is 84.4 Å². The monoisotopic (exact) mass is 284 g/mol. The second-order valence-electron chi connectivity index (χ2n) is 6.91. The van der Waals surface area contributed by atoms with Crippen LogP contribution in [0, 0.1) is 0 Å². The predicted molar refractivity (Wildman–Crippen MR) is 85.8 cm³/mol. The molecule has 0 atom stereocenters. The zero-order valence-electron chi connectivity index (χ0n) is 14.1. The number of hydrogen-bond acceptors (Lipinski definition) is 2. The Labute approximate surface area is 120 Å². The van der Waals surface area contributed by atoms with Gasteiger partial charge in [-0.15, -0.1) is 0 Å². The molecule has 0 radical (unpaired) electrons. The molecule has 112 valence electrons. The number of hydrogen-bond donors (Lipinski definition) is 0. The first-order chi connectivity index (χ1) is 8.52. The zero-order valence-corrected chi connectivity index (χ0v) is 15.1. The van der Waals surface area contributed by atoms with Gasteiger partial charge in [0.15, 0.2) is 0 Å². The lowest BCUT2D eigenvalue weighted by molar-refractivity contribution is -0.131. The van der Waals surface area contributed by atoms with E-state index in [1.165, 1.54) is 0 Å². The minimum atomic E-state index is -2.24. The third-order valence-electron chi connectivity index (χ3n) is 4.26. The van der Waals surface area contributed by atoms with Crippen LogP contribution in [0.5, 0.6) is 0 Å². The van der Waals surface area contributed by atoms with E-state index >= 15 is 0 Å². The summed E-state index contributed by atoms with van der Waals surface area (Å²) >= 11 is 0. The van der Waals surface area contributed by atoms with Gasteiger partial charge >= 0.3 is 5.97 Å². The van der Waals surface area contributed by atoms with E-state index in [4.69, 9.17) is 4.43 Å². The summed E-state index contributed by atoms with van der Waals surface area (Å²) in [5.74, 6) is -0.210. The molecular formula is C16H32O2Si. The van der Waals surface area contributed by atoms with E-state index in [0.29, 0.717) is 16.7 Å². The summed E-state index contributed by atoms with van der Waals surface area (Å²) in [5.41, 5.74) is 1.31. The second kappa shape index (κ2) is 6.73. The summed E-state index contributed by atoms with van der Waals surface area (Å²) in [6, 6.07) is 0. The zero-order chi connectivity index (χ0) is 15.4. The quantitative estimate of drug-likeness (QED) is 0.459. The summed E-state index contributed by atoms with van der Waals surface area (Å²) in [4.78, 5) is 12.1. The summed E-state index contributed by atoms with van der Waals surface area (Å²) in [5, 5.41) is 0.0786. The predicted octanol–water partition coefficient (Wildman–Crippen LogP) is 5.45. The van der Waals surface area contributed by atoms with Crippen molar-refractivity contribution in [3.05, 3.63) is 12.2 Å². The Morgan fingerprint density at radius 1 is 1.21 bits per heavy atom. The van der Waals surface area contributed by atoms with E-state index in [9.17, 15) is 4.79 Å². The van der Waals surface area contributed by atoms with Gasteiger partial charge in [0.05, 0.1) is 0 Å². The SMILES string of the molecule is C=C(C)C(=O)O[Si](C(C)C)(C(C)C)C(C)(C)CCC. The highest BCUT2D eigenvalue weighted by Gasteiger charge is 2.56. The highest BCUT2D eigenvalue weighted by molar-refractivity contribution is 6.80. The Morgan fingerprint density at radius 3 is 1.89 bits per heavy atom. The molecule has 0 aliphatic carbocycles. The maximum absolute atomic E-state index is 12.1. The number of carbonyl (C=O) groups excluding carboxylic acids is 1. The van der Waals surface area contributed by atoms with Gasteiger partial charge in [0.1, 0.15) is 0 Å². The van der Waals surface area contributed by atoms with Gasteiger partial charge in [0.25, 0.3) is 8.32 Å². The Hall–Kier alpha value is -0.573. The van der Waals surface area contributed by atoms with Gasteiger partial charge in [-0.2, -0.15) is 0 Å². The first kappa shape index (κ1) is 18.4. The van der Waals surface area contributed by atoms with Crippen molar-refractivity contribution in [1.82, 2.24) is 0 Å². The standard InChI is InChI=1S/C16H32O2Si/c1-10-11-16(8,9)19(13(4)5,14(6)7)18-15(17)12(2)3/h13-14H,2,10-11H2,1,3-9H3. The van der Waals surface area contributed by atoms with Crippen molar-refractivity contribution in [2.75, 3.05) is 0 Å². The fraction of sp³-hybridized carbons (Fsp3) is 0.812. The van der Waals surface area contributed by atoms with Gasteiger partial charge in [-0.1, -0.05) is 61.5 Å². The van der Waals surface area contributed by atoms with Crippen LogP contribution >= 0.6 is 0 Å². The summed E-state index contributed by atoms with van der Waals surface area (Å²) in [6.07, 6.45) is 2.21. The molecule has 0 unspecified atom stereocenters. The topological polar surface area (TPSA) is 26.3 Å². The van der Waals surface area contributed by atoms with Crippen LogP contribution in [-0.2, 0) is 9.22 Å². The van der Waals surface area contributed by atoms with Crippen molar-refractivity contribution in [3.8, 4) is 0 Å².